The van der Waals surface area contributed by atoms with Crippen LogP contribution in [0.2, 0.25) is 0 Å². The van der Waals surface area contributed by atoms with Crippen molar-refractivity contribution in [3.05, 3.63) is 65.7 Å². The highest BCUT2D eigenvalue weighted by Gasteiger charge is 2.55. The summed E-state index contributed by atoms with van der Waals surface area (Å²) >= 11 is 0. The van der Waals surface area contributed by atoms with Crippen molar-refractivity contribution in [2.24, 2.45) is 0 Å². The molecule has 6 heterocycles. The Morgan fingerprint density at radius 1 is 0.596 bits per heavy atom. The Morgan fingerprint density at radius 3 is 1.85 bits per heavy atom. The van der Waals surface area contributed by atoms with E-state index in [1.807, 2.05) is 6.92 Å². The first kappa shape index (κ1) is 77.1. The summed E-state index contributed by atoms with van der Waals surface area (Å²) in [5.74, 6) is -10.0. The minimum Gasteiger partial charge on any atom is -0.463 e. The van der Waals surface area contributed by atoms with Gasteiger partial charge in [0.1, 0.15) is 128 Å². The van der Waals surface area contributed by atoms with Gasteiger partial charge < -0.3 is 148 Å². The molecule has 0 spiro atoms. The fraction of sp³-hybridized carbons (Fsp3) is 0.656. The number of nitrogens with one attached hydrogen (secondary N) is 11. The molecule has 38 nitrogen and oxygen atoms in total. The monoisotopic (exact) mass is 1410 g/mol. The third kappa shape index (κ3) is 18.7. The van der Waals surface area contributed by atoms with Crippen molar-refractivity contribution in [1.82, 2.24) is 52.8 Å². The SMILES string of the molecule is CCCCCCC(=O)OCC1OC(Oc2ccc(CC3NC(=O)C(C(C)c4ccccc4)NC(=O)CNC(=O)C(CO)NC(=O)C(C(O)C4CNC(=N)N4C4OC(CO)C(O)C(O)C4O)NC(=O)C(C(O)C4CNC(=N)N4)NC3=O)cc2)C(O)C(O)C1OC1OC(CO)C(O)C(O)C1O. The first-order valence-electron chi connectivity index (χ1n) is 32.4. The highest BCUT2D eigenvalue weighted by Crippen LogP contribution is 2.33. The molecular formula is C61H90N12O26. The van der Waals surface area contributed by atoms with Gasteiger partial charge in [-0.05, 0) is 29.7 Å². The number of unbranched alkanes of at least 4 members (excludes halogenated alkanes) is 3. The number of hydrogen-bond donors (Lipinski definition) is 24. The van der Waals surface area contributed by atoms with Crippen LogP contribution in [0.3, 0.4) is 0 Å². The van der Waals surface area contributed by atoms with Gasteiger partial charge in [-0.25, -0.2) is 0 Å². The van der Waals surface area contributed by atoms with Crippen molar-refractivity contribution in [2.45, 2.75) is 205 Å². The molecule has 0 aromatic heterocycles. The Bertz CT molecular complexity index is 3090. The van der Waals surface area contributed by atoms with E-state index in [2.05, 4.69) is 47.9 Å². The average Bonchev–Trinajstić information content (AvgIpc) is 1.75. The molecule has 25 atom stereocenters. The van der Waals surface area contributed by atoms with Gasteiger partial charge in [0.05, 0.1) is 38.4 Å². The molecule has 0 radical (unpaired) electrons. The lowest BCUT2D eigenvalue weighted by Crippen LogP contribution is -2.69. The summed E-state index contributed by atoms with van der Waals surface area (Å²) in [6, 6.07) is 0.670. The Hall–Kier alpha value is -7.61. The van der Waals surface area contributed by atoms with Crippen LogP contribution in [0.1, 0.15) is 63.0 Å². The second kappa shape index (κ2) is 35.1. The van der Waals surface area contributed by atoms with Crippen molar-refractivity contribution >= 4 is 53.3 Å². The van der Waals surface area contributed by atoms with E-state index in [9.17, 15) is 90.4 Å². The first-order chi connectivity index (χ1) is 47.2. The third-order valence-electron chi connectivity index (χ3n) is 18.0. The number of guanidine groups is 2. The lowest BCUT2D eigenvalue weighted by atomic mass is 9.92. The van der Waals surface area contributed by atoms with E-state index in [-0.39, 0.29) is 30.2 Å². The molecule has 550 valence electrons. The maximum absolute atomic E-state index is 15.2. The number of carbonyl (C=O) groups is 7. The predicted molar refractivity (Wildman–Crippen MR) is 334 cm³/mol. The molecule has 8 rings (SSSR count). The molecule has 99 heavy (non-hydrogen) atoms. The van der Waals surface area contributed by atoms with Crippen LogP contribution in [0.25, 0.3) is 0 Å². The molecule has 6 saturated heterocycles. The zero-order valence-corrected chi connectivity index (χ0v) is 53.9. The van der Waals surface area contributed by atoms with Crippen molar-refractivity contribution in [2.75, 3.05) is 46.1 Å². The molecule has 0 bridgehead atoms. The van der Waals surface area contributed by atoms with E-state index in [4.69, 9.17) is 39.2 Å². The van der Waals surface area contributed by atoms with Crippen LogP contribution in [-0.4, -0.2) is 317 Å². The normalized spacial score (nSPS) is 35.4. The van der Waals surface area contributed by atoms with Gasteiger partial charge in [-0.2, -0.15) is 0 Å². The third-order valence-corrected chi connectivity index (χ3v) is 18.0. The van der Waals surface area contributed by atoms with Gasteiger partial charge in [-0.3, -0.25) is 44.4 Å². The van der Waals surface area contributed by atoms with E-state index in [0.717, 1.165) is 24.2 Å². The van der Waals surface area contributed by atoms with Crippen LogP contribution in [0.5, 0.6) is 5.75 Å². The molecule has 6 aliphatic heterocycles. The van der Waals surface area contributed by atoms with Gasteiger partial charge in [0, 0.05) is 31.8 Å². The van der Waals surface area contributed by atoms with Crippen LogP contribution in [0.4, 0.5) is 0 Å². The molecule has 38 heteroatoms. The number of benzene rings is 2. The number of aliphatic hydroxyl groups excluding tert-OH is 13. The van der Waals surface area contributed by atoms with Crippen LogP contribution in [-0.2, 0) is 63.7 Å². The summed E-state index contributed by atoms with van der Waals surface area (Å²) in [5, 5.41) is 181. The maximum atomic E-state index is 15.2. The van der Waals surface area contributed by atoms with Crippen molar-refractivity contribution in [1.29, 1.82) is 10.8 Å². The summed E-state index contributed by atoms with van der Waals surface area (Å²) in [7, 11) is 0. The number of ether oxygens (including phenoxy) is 6. The van der Waals surface area contributed by atoms with Crippen molar-refractivity contribution in [3.63, 3.8) is 0 Å². The Labute approximate surface area is 566 Å². The van der Waals surface area contributed by atoms with Gasteiger partial charge in [-0.15, -0.1) is 0 Å². The highest BCUT2D eigenvalue weighted by molar-refractivity contribution is 5.98. The van der Waals surface area contributed by atoms with Crippen LogP contribution in [0, 0.1) is 10.8 Å². The second-order valence-electron chi connectivity index (χ2n) is 24.9. The Balaban J connectivity index is 1.11. The fourth-order valence-electron chi connectivity index (χ4n) is 12.2. The number of esters is 1. The van der Waals surface area contributed by atoms with E-state index in [1.54, 1.807) is 37.3 Å². The van der Waals surface area contributed by atoms with Gasteiger partial charge >= 0.3 is 5.97 Å². The average molecular weight is 1410 g/mol. The first-order valence-corrected chi connectivity index (χ1v) is 32.4. The zero-order valence-electron chi connectivity index (χ0n) is 53.9. The molecule has 0 aliphatic carbocycles. The number of hydrogen-bond acceptors (Lipinski definition) is 28. The maximum Gasteiger partial charge on any atom is 0.305 e. The highest BCUT2D eigenvalue weighted by atomic mass is 16.7. The minimum absolute atomic E-state index is 0.00510. The second-order valence-corrected chi connectivity index (χ2v) is 24.9. The molecule has 6 fully saturated rings. The Morgan fingerprint density at radius 2 is 1.20 bits per heavy atom. The van der Waals surface area contributed by atoms with Crippen LogP contribution < -0.4 is 52.6 Å². The lowest BCUT2D eigenvalue weighted by molar-refractivity contribution is -0.352. The summed E-state index contributed by atoms with van der Waals surface area (Å²) in [4.78, 5) is 101. The topological polar surface area (TPSA) is 597 Å². The lowest BCUT2D eigenvalue weighted by Gasteiger charge is -2.46. The number of amides is 6. The van der Waals surface area contributed by atoms with Crippen molar-refractivity contribution < 1.29 is 128 Å². The number of nitrogens with zero attached hydrogens (tertiary/aromatic N) is 1. The van der Waals surface area contributed by atoms with Gasteiger partial charge in [0.2, 0.25) is 41.7 Å². The molecule has 2 aromatic rings. The molecule has 6 amide bonds. The van der Waals surface area contributed by atoms with Crippen molar-refractivity contribution in [3.8, 4) is 5.75 Å². The Kier molecular flexibility index (Phi) is 27.4. The molecule has 2 aromatic carbocycles. The predicted octanol–water partition coefficient (Wildman–Crippen LogP) is -10.7. The van der Waals surface area contributed by atoms with E-state index >= 15 is 9.59 Å². The van der Waals surface area contributed by atoms with E-state index in [0.29, 0.717) is 12.0 Å². The molecule has 0 saturated carbocycles. The van der Waals surface area contributed by atoms with Crippen LogP contribution >= 0.6 is 0 Å². The summed E-state index contributed by atoms with van der Waals surface area (Å²) in [6.07, 6.45) is -29.3. The van der Waals surface area contributed by atoms with Gasteiger partial charge in [-0.1, -0.05) is 75.6 Å². The van der Waals surface area contributed by atoms with Crippen LogP contribution in [0.15, 0.2) is 54.6 Å². The quantitative estimate of drug-likeness (QED) is 0.0363. The summed E-state index contributed by atoms with van der Waals surface area (Å²) < 4.78 is 34.6. The number of carbonyl (C=O) groups excluding carboxylic acids is 7. The van der Waals surface area contributed by atoms with Gasteiger partial charge in [0.15, 0.2) is 24.4 Å². The molecular weight excluding hydrogens is 1320 g/mol. The summed E-state index contributed by atoms with van der Waals surface area (Å²) in [5.41, 5.74) is 0.688. The minimum atomic E-state index is -2.37. The molecule has 24 N–H and O–H groups in total. The smallest absolute Gasteiger partial charge is 0.305 e. The van der Waals surface area contributed by atoms with Gasteiger partial charge in [0.25, 0.3) is 0 Å². The molecule has 25 unspecified atom stereocenters. The van der Waals surface area contributed by atoms with E-state index in [1.165, 1.54) is 24.3 Å². The zero-order chi connectivity index (χ0) is 72.1. The fourth-order valence-corrected chi connectivity index (χ4v) is 12.2. The standard InChI is InChI=1S/C61H90N12O26/c1-3-4-5-9-12-37(78)94-24-35-51(99-59-49(87)46(84)44(82)34(23-76)97-59)47(85)50(88)58(98-35)95-28-15-13-26(14-16-28)17-29-53(90)71-39(41(79)30-18-65-60(62)69-30)56(93)72-40(42(80)32-19-66-61(63)73(32)57-48(86)45(83)43(81)33(22-75)96-57)55(92)68-31(21-74)52(89)64-20-36(77)70-38(54(91)67-29)25(2)27-10-7-6-8-11-27/h6-8,10-11,13-16,25,29-35,38-51,57-59,74-76,79-88H,3-5,9,12,17-24H2,1-2H3,(H2,63,66)(H,64,89)(H,67,91)(H,68,92)(H,70,77)(H,71,90)(H,72,93)(H3,62,65,69). The summed E-state index contributed by atoms with van der Waals surface area (Å²) in [6.45, 7) is -1.69. The largest absolute Gasteiger partial charge is 0.463 e. The van der Waals surface area contributed by atoms with E-state index < -0.39 is 246 Å². The number of aliphatic hydroxyl groups is 13. The number of rotatable bonds is 23. The molecule has 6 aliphatic rings.